The topological polar surface area (TPSA) is 97.2 Å². The Balaban J connectivity index is 2.06. The molecular weight excluding hydrogens is 316 g/mol. The van der Waals surface area contributed by atoms with Crippen LogP contribution in [0.15, 0.2) is 29.4 Å². The summed E-state index contributed by atoms with van der Waals surface area (Å²) in [5.74, 6) is -0.699. The van der Waals surface area contributed by atoms with Gasteiger partial charge in [0.25, 0.3) is 0 Å². The van der Waals surface area contributed by atoms with Gasteiger partial charge in [0.2, 0.25) is 11.0 Å². The molecule has 3 rings (SSSR count). The monoisotopic (exact) mass is 332 g/mol. The minimum absolute atomic E-state index is 0.125. The number of para-hydroxylation sites is 1. The number of anilines is 1. The molecule has 1 aromatic carbocycles. The molecule has 120 valence electrons. The van der Waals surface area contributed by atoms with Crippen LogP contribution >= 0.6 is 11.8 Å². The highest BCUT2D eigenvalue weighted by Crippen LogP contribution is 2.39. The fourth-order valence-corrected chi connectivity index (χ4v) is 2.71. The van der Waals surface area contributed by atoms with Gasteiger partial charge in [-0.15, -0.1) is 10.2 Å². The summed E-state index contributed by atoms with van der Waals surface area (Å²) in [6.45, 7) is 3.94. The number of benzene rings is 1. The fourth-order valence-electron chi connectivity index (χ4n) is 2.21. The maximum atomic E-state index is 10.7. The third-order valence-corrected chi connectivity index (χ3v) is 4.36. The quantitative estimate of drug-likeness (QED) is 0.825. The van der Waals surface area contributed by atoms with E-state index in [4.69, 9.17) is 9.84 Å². The fraction of sp³-hybridized carbons (Fsp3) is 0.333. The van der Waals surface area contributed by atoms with Gasteiger partial charge in [-0.1, -0.05) is 36.9 Å². The van der Waals surface area contributed by atoms with E-state index in [1.807, 2.05) is 38.1 Å². The molecule has 2 N–H and O–H groups in total. The van der Waals surface area contributed by atoms with Crippen molar-refractivity contribution in [3.05, 3.63) is 24.3 Å². The molecule has 1 aliphatic rings. The zero-order chi connectivity index (χ0) is 16.4. The summed E-state index contributed by atoms with van der Waals surface area (Å²) >= 11 is 1.01. The molecule has 2 aromatic rings. The lowest BCUT2D eigenvalue weighted by atomic mass is 10.1. The number of carboxylic acid groups (broad SMARTS) is 1. The van der Waals surface area contributed by atoms with E-state index in [1.165, 1.54) is 0 Å². The van der Waals surface area contributed by atoms with Crippen LogP contribution in [-0.4, -0.2) is 37.7 Å². The molecule has 0 radical (unpaired) electrons. The van der Waals surface area contributed by atoms with E-state index in [1.54, 1.807) is 0 Å². The predicted octanol–water partition coefficient (Wildman–Crippen LogP) is 2.65. The standard InChI is InChI=1S/C15H16N4O3S/c1-3-15(2)17-10-7-5-4-6-9(10)12-13(22-15)16-14(19-18-12)23-8-11(20)21/h4-7,17H,3,8H2,1-2H3,(H,20,21)/t15-/m0/s1. The molecule has 0 fully saturated rings. The highest BCUT2D eigenvalue weighted by atomic mass is 32.2. The zero-order valence-corrected chi connectivity index (χ0v) is 13.6. The average molecular weight is 332 g/mol. The molecule has 0 amide bonds. The number of nitrogens with one attached hydrogen (secondary N) is 1. The molecule has 1 atom stereocenters. The molecule has 0 aliphatic carbocycles. The van der Waals surface area contributed by atoms with Gasteiger partial charge < -0.3 is 15.2 Å². The van der Waals surface area contributed by atoms with Gasteiger partial charge in [-0.2, -0.15) is 4.98 Å². The first-order valence-electron chi connectivity index (χ1n) is 7.16. The zero-order valence-electron chi connectivity index (χ0n) is 12.7. The Morgan fingerprint density at radius 2 is 2.17 bits per heavy atom. The summed E-state index contributed by atoms with van der Waals surface area (Å²) in [7, 11) is 0. The van der Waals surface area contributed by atoms with Crippen molar-refractivity contribution in [1.82, 2.24) is 15.2 Å². The number of carbonyl (C=O) groups is 1. The number of ether oxygens (including phenoxy) is 1. The largest absolute Gasteiger partial charge is 0.481 e. The van der Waals surface area contributed by atoms with E-state index in [9.17, 15) is 4.79 Å². The maximum absolute atomic E-state index is 10.7. The van der Waals surface area contributed by atoms with Gasteiger partial charge >= 0.3 is 5.97 Å². The smallest absolute Gasteiger partial charge is 0.313 e. The summed E-state index contributed by atoms with van der Waals surface area (Å²) in [5.41, 5.74) is 1.67. The first-order valence-corrected chi connectivity index (χ1v) is 8.15. The van der Waals surface area contributed by atoms with Gasteiger partial charge in [0, 0.05) is 17.7 Å². The molecule has 1 aliphatic heterocycles. The summed E-state index contributed by atoms with van der Waals surface area (Å²) < 4.78 is 6.04. The molecule has 0 spiro atoms. The third-order valence-electron chi connectivity index (χ3n) is 3.54. The second-order valence-electron chi connectivity index (χ2n) is 5.29. The maximum Gasteiger partial charge on any atom is 0.313 e. The SMILES string of the molecule is CC[C@@]1(C)Nc2ccccc2-c2nnc(SCC(=O)O)nc2O1. The van der Waals surface area contributed by atoms with Crippen molar-refractivity contribution in [2.75, 3.05) is 11.1 Å². The third kappa shape index (κ3) is 3.21. The van der Waals surface area contributed by atoms with E-state index in [-0.39, 0.29) is 10.9 Å². The summed E-state index contributed by atoms with van der Waals surface area (Å²) in [6.07, 6.45) is 0.711. The van der Waals surface area contributed by atoms with Crippen LogP contribution in [0, 0.1) is 0 Å². The van der Waals surface area contributed by atoms with Crippen molar-refractivity contribution in [2.45, 2.75) is 31.1 Å². The van der Waals surface area contributed by atoms with E-state index >= 15 is 0 Å². The van der Waals surface area contributed by atoms with Crippen LogP contribution in [0.2, 0.25) is 0 Å². The molecule has 1 aromatic heterocycles. The molecule has 2 heterocycles. The number of nitrogens with zero attached hydrogens (tertiary/aromatic N) is 3. The number of fused-ring (bicyclic) bond motifs is 3. The highest BCUT2D eigenvalue weighted by molar-refractivity contribution is 7.99. The van der Waals surface area contributed by atoms with Crippen molar-refractivity contribution in [1.29, 1.82) is 0 Å². The average Bonchev–Trinajstić information content (AvgIpc) is 2.66. The lowest BCUT2D eigenvalue weighted by Gasteiger charge is -2.29. The number of hydrogen-bond donors (Lipinski definition) is 2. The molecule has 0 bridgehead atoms. The minimum Gasteiger partial charge on any atom is -0.481 e. The lowest BCUT2D eigenvalue weighted by molar-refractivity contribution is -0.133. The van der Waals surface area contributed by atoms with Crippen LogP contribution < -0.4 is 10.1 Å². The molecule has 0 saturated carbocycles. The highest BCUT2D eigenvalue weighted by Gasteiger charge is 2.32. The second-order valence-corrected chi connectivity index (χ2v) is 6.23. The Morgan fingerprint density at radius 3 is 2.91 bits per heavy atom. The number of thioether (sulfide) groups is 1. The Hall–Kier alpha value is -2.35. The van der Waals surface area contributed by atoms with Crippen LogP contribution in [0.4, 0.5) is 5.69 Å². The molecule has 23 heavy (non-hydrogen) atoms. The first kappa shape index (κ1) is 15.5. The van der Waals surface area contributed by atoms with Gasteiger partial charge in [-0.3, -0.25) is 4.79 Å². The molecule has 7 nitrogen and oxygen atoms in total. The second kappa shape index (κ2) is 6.04. The predicted molar refractivity (Wildman–Crippen MR) is 86.6 cm³/mol. The van der Waals surface area contributed by atoms with Crippen molar-refractivity contribution in [2.24, 2.45) is 0 Å². The Bertz CT molecular complexity index is 755. The van der Waals surface area contributed by atoms with E-state index in [2.05, 4.69) is 20.5 Å². The number of aromatic nitrogens is 3. The Morgan fingerprint density at radius 1 is 1.39 bits per heavy atom. The number of hydrogen-bond acceptors (Lipinski definition) is 7. The van der Waals surface area contributed by atoms with E-state index in [0.717, 1.165) is 23.0 Å². The number of carboxylic acids is 1. The van der Waals surface area contributed by atoms with E-state index in [0.29, 0.717) is 18.0 Å². The van der Waals surface area contributed by atoms with Gasteiger partial charge in [-0.05, 0) is 13.0 Å². The van der Waals surface area contributed by atoms with E-state index < -0.39 is 11.7 Å². The van der Waals surface area contributed by atoms with Crippen LogP contribution in [-0.2, 0) is 4.79 Å². The van der Waals surface area contributed by atoms with Crippen molar-refractivity contribution in [3.63, 3.8) is 0 Å². The molecule has 0 saturated heterocycles. The normalized spacial score (nSPS) is 18.9. The Kier molecular flexibility index (Phi) is 4.08. The van der Waals surface area contributed by atoms with Crippen molar-refractivity contribution >= 4 is 23.4 Å². The van der Waals surface area contributed by atoms with Crippen LogP contribution in [0.5, 0.6) is 5.88 Å². The van der Waals surface area contributed by atoms with Gasteiger partial charge in [-0.25, -0.2) is 0 Å². The summed E-state index contributed by atoms with van der Waals surface area (Å²) in [5, 5.41) is 20.6. The van der Waals surface area contributed by atoms with Crippen LogP contribution in [0.1, 0.15) is 20.3 Å². The first-order chi connectivity index (χ1) is 11.0. The van der Waals surface area contributed by atoms with Gasteiger partial charge in [0.15, 0.2) is 11.4 Å². The van der Waals surface area contributed by atoms with Gasteiger partial charge in [0.1, 0.15) is 0 Å². The molecular formula is C15H16N4O3S. The molecule has 0 unspecified atom stereocenters. The Labute approximate surface area is 137 Å². The summed E-state index contributed by atoms with van der Waals surface area (Å²) in [4.78, 5) is 15.0. The van der Waals surface area contributed by atoms with Crippen molar-refractivity contribution in [3.8, 4) is 17.1 Å². The van der Waals surface area contributed by atoms with Crippen molar-refractivity contribution < 1.29 is 14.6 Å². The lowest BCUT2D eigenvalue weighted by Crippen LogP contribution is -2.40. The van der Waals surface area contributed by atoms with Gasteiger partial charge in [0.05, 0.1) is 5.75 Å². The molecule has 8 heteroatoms. The van der Waals surface area contributed by atoms with Crippen LogP contribution in [0.3, 0.4) is 0 Å². The minimum atomic E-state index is -0.931. The number of rotatable bonds is 4. The number of aliphatic carboxylic acids is 1. The van der Waals surface area contributed by atoms with Crippen LogP contribution in [0.25, 0.3) is 11.3 Å². The summed E-state index contributed by atoms with van der Waals surface area (Å²) in [6, 6.07) is 7.72.